The molecule has 1 saturated carbocycles. The Labute approximate surface area is 135 Å². The van der Waals surface area contributed by atoms with Gasteiger partial charge in [-0.15, -0.1) is 0 Å². The quantitative estimate of drug-likeness (QED) is 0.358. The molecule has 1 heterocycles. The first-order valence-corrected chi connectivity index (χ1v) is 8.79. The maximum Gasteiger partial charge on any atom is 0.159 e. The van der Waals surface area contributed by atoms with E-state index in [1.807, 2.05) is 0 Å². The van der Waals surface area contributed by atoms with Gasteiger partial charge < -0.3 is 4.74 Å². The molecule has 0 bridgehead atoms. The molecule has 0 aromatic heterocycles. The van der Waals surface area contributed by atoms with Gasteiger partial charge in [0.05, 0.1) is 11.7 Å². The Morgan fingerprint density at radius 2 is 2.00 bits per heavy atom. The molecule has 0 unspecified atom stereocenters. The molecule has 2 fully saturated rings. The van der Waals surface area contributed by atoms with Gasteiger partial charge in [-0.2, -0.15) is 0 Å². The van der Waals surface area contributed by atoms with Crippen LogP contribution in [0.25, 0.3) is 0 Å². The Morgan fingerprint density at radius 3 is 2.68 bits per heavy atom. The van der Waals surface area contributed by atoms with Crippen LogP contribution in [0.2, 0.25) is 0 Å². The van der Waals surface area contributed by atoms with E-state index in [-0.39, 0.29) is 11.0 Å². The summed E-state index contributed by atoms with van der Waals surface area (Å²) in [6.07, 6.45) is 9.01. The maximum atomic E-state index is 12.6. The van der Waals surface area contributed by atoms with Crippen LogP contribution in [0.1, 0.15) is 73.1 Å². The van der Waals surface area contributed by atoms with Gasteiger partial charge in [-0.25, -0.2) is 0 Å². The zero-order valence-electron chi connectivity index (χ0n) is 14.8. The Bertz CT molecular complexity index is 552. The fourth-order valence-electron chi connectivity index (χ4n) is 4.64. The topological polar surface area (TPSA) is 29.6 Å². The number of carbonyl (C=O) groups excluding carboxylic acids is 1. The molecule has 0 aromatic carbocycles. The fraction of sp³-hybridized carbons (Fsp3) is 0.750. The van der Waals surface area contributed by atoms with E-state index in [1.165, 1.54) is 11.1 Å². The summed E-state index contributed by atoms with van der Waals surface area (Å²) in [4.78, 5) is 12.6. The Balaban J connectivity index is 1.95. The predicted octanol–water partition coefficient (Wildman–Crippen LogP) is 4.99. The van der Waals surface area contributed by atoms with Crippen molar-refractivity contribution >= 4 is 5.78 Å². The van der Waals surface area contributed by atoms with Gasteiger partial charge in [0, 0.05) is 6.42 Å². The largest absolute Gasteiger partial charge is 0.366 e. The molecule has 0 radical (unpaired) electrons. The molecule has 3 aliphatic rings. The average molecular weight is 302 g/mol. The third kappa shape index (κ3) is 2.71. The minimum atomic E-state index is 0.0594. The highest BCUT2D eigenvalue weighted by Gasteiger charge is 2.53. The van der Waals surface area contributed by atoms with Crippen LogP contribution >= 0.6 is 0 Å². The van der Waals surface area contributed by atoms with E-state index in [9.17, 15) is 4.79 Å². The van der Waals surface area contributed by atoms with Crippen LogP contribution in [-0.2, 0) is 9.53 Å². The number of ketones is 1. The molecule has 2 heteroatoms. The summed E-state index contributed by atoms with van der Waals surface area (Å²) in [5.41, 5.74) is 3.94. The van der Waals surface area contributed by atoms with Crippen LogP contribution in [-0.4, -0.2) is 17.5 Å². The molecule has 1 aliphatic heterocycles. The molecular formula is C20H30O2. The van der Waals surface area contributed by atoms with Crippen molar-refractivity contribution < 1.29 is 9.53 Å². The molecule has 0 N–H and O–H groups in total. The molecule has 0 aromatic rings. The maximum absolute atomic E-state index is 12.6. The number of rotatable bonds is 0. The standard InChI is InChI=1S/C20H30O2/c1-13(2)18-15-9-11-20(5)17(22-20)7-6-14(3)8-10-19(15,4)12-16(18)21/h8,15,17H,6-7,9-12H2,1-5H3/b14-8+/t15-,17-,19-,20-/m0/s1. The third-order valence-electron chi connectivity index (χ3n) is 6.28. The molecule has 2 aliphatic carbocycles. The molecule has 0 amide bonds. The van der Waals surface area contributed by atoms with Crippen molar-refractivity contribution in [1.29, 1.82) is 0 Å². The Hall–Kier alpha value is -0.890. The fourth-order valence-corrected chi connectivity index (χ4v) is 4.64. The average Bonchev–Trinajstić information content (AvgIpc) is 2.99. The summed E-state index contributed by atoms with van der Waals surface area (Å²) in [6, 6.07) is 0. The number of hydrogen-bond acceptors (Lipinski definition) is 2. The lowest BCUT2D eigenvalue weighted by Crippen LogP contribution is -2.24. The number of ether oxygens (including phenoxy) is 1. The van der Waals surface area contributed by atoms with Gasteiger partial charge in [0.25, 0.3) is 0 Å². The van der Waals surface area contributed by atoms with Gasteiger partial charge in [0.15, 0.2) is 5.78 Å². The molecule has 1 saturated heterocycles. The van der Waals surface area contributed by atoms with Crippen LogP contribution in [0.15, 0.2) is 22.8 Å². The highest BCUT2D eigenvalue weighted by Crippen LogP contribution is 2.53. The smallest absolute Gasteiger partial charge is 0.159 e. The summed E-state index contributed by atoms with van der Waals surface area (Å²) >= 11 is 0. The molecule has 122 valence electrons. The normalized spacial score (nSPS) is 44.5. The van der Waals surface area contributed by atoms with Gasteiger partial charge in [0.2, 0.25) is 0 Å². The van der Waals surface area contributed by atoms with Crippen molar-refractivity contribution in [3.8, 4) is 0 Å². The lowest BCUT2D eigenvalue weighted by molar-refractivity contribution is -0.115. The molecule has 2 nitrogen and oxygen atoms in total. The first kappa shape index (κ1) is 16.0. The van der Waals surface area contributed by atoms with E-state index in [0.717, 1.165) is 37.7 Å². The molecule has 4 atom stereocenters. The van der Waals surface area contributed by atoms with Crippen LogP contribution in [0.3, 0.4) is 0 Å². The number of fused-ring (bicyclic) bond motifs is 2. The number of Topliss-reactive ketones (excluding diaryl/α,β-unsaturated/α-hetero) is 1. The number of carbonyl (C=O) groups is 1. The van der Waals surface area contributed by atoms with Gasteiger partial charge >= 0.3 is 0 Å². The van der Waals surface area contributed by atoms with Crippen molar-refractivity contribution in [3.63, 3.8) is 0 Å². The van der Waals surface area contributed by atoms with Crippen LogP contribution < -0.4 is 0 Å². The second kappa shape index (κ2) is 5.33. The van der Waals surface area contributed by atoms with E-state index >= 15 is 0 Å². The lowest BCUT2D eigenvalue weighted by Gasteiger charge is -2.31. The van der Waals surface area contributed by atoms with E-state index in [4.69, 9.17) is 4.74 Å². The predicted molar refractivity (Wildman–Crippen MR) is 89.7 cm³/mol. The summed E-state index contributed by atoms with van der Waals surface area (Å²) in [6.45, 7) is 11.0. The Morgan fingerprint density at radius 1 is 1.27 bits per heavy atom. The first-order chi connectivity index (χ1) is 10.3. The Kier molecular flexibility index (Phi) is 3.87. The zero-order chi connectivity index (χ0) is 16.1. The third-order valence-corrected chi connectivity index (χ3v) is 6.28. The number of hydrogen-bond donors (Lipinski definition) is 0. The van der Waals surface area contributed by atoms with Crippen molar-refractivity contribution in [2.75, 3.05) is 0 Å². The van der Waals surface area contributed by atoms with Crippen molar-refractivity contribution in [2.24, 2.45) is 11.3 Å². The van der Waals surface area contributed by atoms with Crippen LogP contribution in [0.5, 0.6) is 0 Å². The second-order valence-electron chi connectivity index (χ2n) is 8.47. The van der Waals surface area contributed by atoms with E-state index in [2.05, 4.69) is 40.7 Å². The number of allylic oxidation sites excluding steroid dienone is 4. The first-order valence-electron chi connectivity index (χ1n) is 8.79. The SMILES string of the molecule is CC(C)=C1C(=O)C[C@]2(C)C/C=C(\C)CC[C@@H]3O[C@@]3(C)CC[C@@H]12. The molecular weight excluding hydrogens is 272 g/mol. The van der Waals surface area contributed by atoms with Crippen molar-refractivity contribution in [1.82, 2.24) is 0 Å². The summed E-state index contributed by atoms with van der Waals surface area (Å²) in [5, 5.41) is 0. The van der Waals surface area contributed by atoms with Crippen molar-refractivity contribution in [2.45, 2.75) is 84.8 Å². The summed E-state index contributed by atoms with van der Waals surface area (Å²) in [7, 11) is 0. The van der Waals surface area contributed by atoms with E-state index < -0.39 is 0 Å². The molecule has 0 spiro atoms. The minimum Gasteiger partial charge on any atom is -0.366 e. The van der Waals surface area contributed by atoms with Crippen molar-refractivity contribution in [3.05, 3.63) is 22.8 Å². The second-order valence-corrected chi connectivity index (χ2v) is 8.47. The zero-order valence-corrected chi connectivity index (χ0v) is 14.8. The highest BCUT2D eigenvalue weighted by molar-refractivity contribution is 5.99. The lowest BCUT2D eigenvalue weighted by atomic mass is 9.72. The van der Waals surface area contributed by atoms with Gasteiger partial charge in [0.1, 0.15) is 0 Å². The summed E-state index contributed by atoms with van der Waals surface area (Å²) < 4.78 is 6.00. The van der Waals surface area contributed by atoms with Gasteiger partial charge in [-0.1, -0.05) is 24.1 Å². The highest BCUT2D eigenvalue weighted by atomic mass is 16.6. The number of epoxide rings is 1. The van der Waals surface area contributed by atoms with Gasteiger partial charge in [-0.3, -0.25) is 4.79 Å². The molecule has 3 rings (SSSR count). The summed E-state index contributed by atoms with van der Waals surface area (Å²) in [5.74, 6) is 0.780. The van der Waals surface area contributed by atoms with Gasteiger partial charge in [-0.05, 0) is 76.7 Å². The van der Waals surface area contributed by atoms with Crippen LogP contribution in [0, 0.1) is 11.3 Å². The minimum absolute atomic E-state index is 0.0594. The molecule has 22 heavy (non-hydrogen) atoms. The monoisotopic (exact) mass is 302 g/mol. The van der Waals surface area contributed by atoms with E-state index in [1.54, 1.807) is 0 Å². The van der Waals surface area contributed by atoms with Crippen LogP contribution in [0.4, 0.5) is 0 Å². The van der Waals surface area contributed by atoms with E-state index in [0.29, 0.717) is 24.2 Å².